The summed E-state index contributed by atoms with van der Waals surface area (Å²) in [5.41, 5.74) is 1.92. The lowest BCUT2D eigenvalue weighted by Gasteiger charge is -2.22. The minimum Gasteiger partial charge on any atom is -0.486 e. The van der Waals surface area contributed by atoms with Crippen molar-refractivity contribution in [2.24, 2.45) is 0 Å². The lowest BCUT2D eigenvalue weighted by atomic mass is 10.1. The van der Waals surface area contributed by atoms with Crippen molar-refractivity contribution in [3.8, 4) is 11.5 Å². The number of hydrogen-bond acceptors (Lipinski definition) is 4. The molecule has 0 radical (unpaired) electrons. The van der Waals surface area contributed by atoms with Crippen LogP contribution in [0.25, 0.3) is 0 Å². The van der Waals surface area contributed by atoms with E-state index in [2.05, 4.69) is 10.6 Å². The number of nitrogens with zero attached hydrogens (tertiary/aromatic N) is 1. The number of rotatable bonds is 5. The third-order valence-electron chi connectivity index (χ3n) is 4.84. The topological polar surface area (TPSA) is 79.9 Å². The van der Waals surface area contributed by atoms with Crippen LogP contribution in [0.1, 0.15) is 12.0 Å². The summed E-state index contributed by atoms with van der Waals surface area (Å²) in [4.78, 5) is 26.2. The molecule has 0 aliphatic carbocycles. The molecule has 0 bridgehead atoms. The molecule has 1 fully saturated rings. The van der Waals surface area contributed by atoms with Crippen molar-refractivity contribution in [1.82, 2.24) is 10.6 Å². The predicted molar refractivity (Wildman–Crippen MR) is 105 cm³/mol. The maximum absolute atomic E-state index is 12.4. The second kappa shape index (κ2) is 8.21. The first-order valence-electron chi connectivity index (χ1n) is 9.47. The summed E-state index contributed by atoms with van der Waals surface area (Å²) < 4.78 is 11.1. The molecule has 2 heterocycles. The zero-order chi connectivity index (χ0) is 19.3. The van der Waals surface area contributed by atoms with Crippen LogP contribution < -0.4 is 25.0 Å². The summed E-state index contributed by atoms with van der Waals surface area (Å²) in [6.07, 6.45) is 1.04. The Hall–Kier alpha value is -3.22. The zero-order valence-electron chi connectivity index (χ0n) is 15.5. The molecule has 1 atom stereocenters. The van der Waals surface area contributed by atoms with Crippen molar-refractivity contribution in [2.75, 3.05) is 31.2 Å². The molecule has 7 nitrogen and oxygen atoms in total. The normalized spacial score (nSPS) is 18.1. The minimum absolute atomic E-state index is 0.0220. The SMILES string of the molecule is O=C(NCCc1ccccc1)N[C@@H]1CC(=O)N(c2ccc3c(c2)OCCO3)C1. The van der Waals surface area contributed by atoms with Gasteiger partial charge in [0.25, 0.3) is 0 Å². The summed E-state index contributed by atoms with van der Waals surface area (Å²) in [5, 5.41) is 5.74. The van der Waals surface area contributed by atoms with E-state index in [0.717, 1.165) is 12.1 Å². The number of ether oxygens (including phenoxy) is 2. The maximum atomic E-state index is 12.4. The van der Waals surface area contributed by atoms with Crippen LogP contribution in [-0.2, 0) is 11.2 Å². The largest absolute Gasteiger partial charge is 0.486 e. The van der Waals surface area contributed by atoms with Crippen molar-refractivity contribution in [1.29, 1.82) is 0 Å². The fourth-order valence-corrected chi connectivity index (χ4v) is 3.46. The maximum Gasteiger partial charge on any atom is 0.315 e. The average Bonchev–Trinajstić information content (AvgIpc) is 3.08. The Bertz CT molecular complexity index is 856. The number of urea groups is 1. The van der Waals surface area contributed by atoms with Gasteiger partial charge in [0.1, 0.15) is 13.2 Å². The molecular formula is C21H23N3O4. The van der Waals surface area contributed by atoms with Gasteiger partial charge in [0.2, 0.25) is 5.91 Å². The standard InChI is InChI=1S/C21H23N3O4/c25-20-12-16(23-21(26)22-9-8-15-4-2-1-3-5-15)14-24(20)17-6-7-18-19(13-17)28-11-10-27-18/h1-7,13,16H,8-12,14H2,(H2,22,23,26)/t16-/m1/s1. The highest BCUT2D eigenvalue weighted by Gasteiger charge is 2.32. The zero-order valence-corrected chi connectivity index (χ0v) is 15.5. The number of benzene rings is 2. The van der Waals surface area contributed by atoms with Crippen molar-refractivity contribution < 1.29 is 19.1 Å². The molecule has 1 saturated heterocycles. The molecule has 3 amide bonds. The van der Waals surface area contributed by atoms with Gasteiger partial charge >= 0.3 is 6.03 Å². The number of carbonyl (C=O) groups excluding carboxylic acids is 2. The van der Waals surface area contributed by atoms with E-state index in [1.165, 1.54) is 5.56 Å². The van der Waals surface area contributed by atoms with Gasteiger partial charge in [-0.3, -0.25) is 4.79 Å². The predicted octanol–water partition coefficient (Wildman–Crippen LogP) is 2.10. The smallest absolute Gasteiger partial charge is 0.315 e. The molecule has 2 N–H and O–H groups in total. The number of fused-ring (bicyclic) bond motifs is 1. The molecule has 0 saturated carbocycles. The Labute approximate surface area is 163 Å². The van der Waals surface area contributed by atoms with Crippen molar-refractivity contribution in [2.45, 2.75) is 18.9 Å². The number of carbonyl (C=O) groups is 2. The first-order valence-corrected chi connectivity index (χ1v) is 9.47. The summed E-state index contributed by atoms with van der Waals surface area (Å²) in [6, 6.07) is 15.0. The van der Waals surface area contributed by atoms with E-state index in [4.69, 9.17) is 9.47 Å². The monoisotopic (exact) mass is 381 g/mol. The van der Waals surface area contributed by atoms with Gasteiger partial charge in [-0.15, -0.1) is 0 Å². The average molecular weight is 381 g/mol. The van der Waals surface area contributed by atoms with Crippen LogP contribution in [-0.4, -0.2) is 44.3 Å². The van der Waals surface area contributed by atoms with Gasteiger partial charge in [-0.1, -0.05) is 30.3 Å². The van der Waals surface area contributed by atoms with Crippen LogP contribution in [0.2, 0.25) is 0 Å². The van der Waals surface area contributed by atoms with Crippen LogP contribution in [0.5, 0.6) is 11.5 Å². The highest BCUT2D eigenvalue weighted by molar-refractivity contribution is 5.97. The number of nitrogens with one attached hydrogen (secondary N) is 2. The second-order valence-electron chi connectivity index (χ2n) is 6.87. The molecule has 0 spiro atoms. The molecular weight excluding hydrogens is 358 g/mol. The molecule has 2 aromatic carbocycles. The number of anilines is 1. The van der Waals surface area contributed by atoms with Gasteiger partial charge in [0.05, 0.1) is 6.04 Å². The van der Waals surface area contributed by atoms with Crippen molar-refractivity contribution in [3.63, 3.8) is 0 Å². The van der Waals surface area contributed by atoms with Gasteiger partial charge in [-0.2, -0.15) is 0 Å². The summed E-state index contributed by atoms with van der Waals surface area (Å²) in [6.45, 7) is 2.01. The first-order chi connectivity index (χ1) is 13.7. The van der Waals surface area contributed by atoms with Gasteiger partial charge in [-0.05, 0) is 24.1 Å². The summed E-state index contributed by atoms with van der Waals surface area (Å²) in [7, 11) is 0. The van der Waals surface area contributed by atoms with Crippen molar-refractivity contribution in [3.05, 3.63) is 54.1 Å². The summed E-state index contributed by atoms with van der Waals surface area (Å²) in [5.74, 6) is 1.31. The molecule has 2 aliphatic rings. The highest BCUT2D eigenvalue weighted by Crippen LogP contribution is 2.35. The van der Waals surface area contributed by atoms with Crippen LogP contribution in [0, 0.1) is 0 Å². The lowest BCUT2D eigenvalue weighted by molar-refractivity contribution is -0.117. The van der Waals surface area contributed by atoms with Crippen LogP contribution >= 0.6 is 0 Å². The molecule has 28 heavy (non-hydrogen) atoms. The van der Waals surface area contributed by atoms with Crippen molar-refractivity contribution >= 4 is 17.6 Å². The van der Waals surface area contributed by atoms with Gasteiger partial charge < -0.3 is 25.0 Å². The Kier molecular flexibility index (Phi) is 5.32. The first kappa shape index (κ1) is 18.2. The quantitative estimate of drug-likeness (QED) is 0.831. The van der Waals surface area contributed by atoms with E-state index in [0.29, 0.717) is 37.8 Å². The molecule has 0 unspecified atom stereocenters. The van der Waals surface area contributed by atoms with Crippen LogP contribution in [0.3, 0.4) is 0 Å². The Morgan fingerprint density at radius 1 is 1.07 bits per heavy atom. The Morgan fingerprint density at radius 2 is 1.86 bits per heavy atom. The molecule has 0 aromatic heterocycles. The highest BCUT2D eigenvalue weighted by atomic mass is 16.6. The van der Waals surface area contributed by atoms with E-state index in [1.807, 2.05) is 48.5 Å². The molecule has 4 rings (SSSR count). The lowest BCUT2D eigenvalue weighted by Crippen LogP contribution is -2.43. The molecule has 2 aromatic rings. The molecule has 2 aliphatic heterocycles. The van der Waals surface area contributed by atoms with Gasteiger partial charge in [0, 0.05) is 31.3 Å². The van der Waals surface area contributed by atoms with E-state index in [1.54, 1.807) is 4.90 Å². The van der Waals surface area contributed by atoms with Gasteiger partial charge in [-0.25, -0.2) is 4.79 Å². The number of amides is 3. The fourth-order valence-electron chi connectivity index (χ4n) is 3.46. The molecule has 7 heteroatoms. The Morgan fingerprint density at radius 3 is 2.68 bits per heavy atom. The molecule has 146 valence electrons. The van der Waals surface area contributed by atoms with Crippen LogP contribution in [0.15, 0.2) is 48.5 Å². The third-order valence-corrected chi connectivity index (χ3v) is 4.84. The van der Waals surface area contributed by atoms with E-state index in [-0.39, 0.29) is 24.4 Å². The third kappa shape index (κ3) is 4.19. The summed E-state index contributed by atoms with van der Waals surface area (Å²) >= 11 is 0. The Balaban J connectivity index is 1.29. The second-order valence-corrected chi connectivity index (χ2v) is 6.87. The number of hydrogen-bond donors (Lipinski definition) is 2. The van der Waals surface area contributed by atoms with E-state index < -0.39 is 0 Å². The fraction of sp³-hybridized carbons (Fsp3) is 0.333. The van der Waals surface area contributed by atoms with Gasteiger partial charge in [0.15, 0.2) is 11.5 Å². The minimum atomic E-state index is -0.252. The van der Waals surface area contributed by atoms with E-state index in [9.17, 15) is 9.59 Å². The van der Waals surface area contributed by atoms with Crippen LogP contribution in [0.4, 0.5) is 10.5 Å². The van der Waals surface area contributed by atoms with E-state index >= 15 is 0 Å².